The van der Waals surface area contributed by atoms with Gasteiger partial charge in [-0.3, -0.25) is 9.88 Å². The number of piperazine rings is 1. The van der Waals surface area contributed by atoms with Gasteiger partial charge in [0.25, 0.3) is 0 Å². The van der Waals surface area contributed by atoms with E-state index in [1.54, 1.807) is 6.20 Å². The Balaban J connectivity index is 1.55. The lowest BCUT2D eigenvalue weighted by atomic mass is 10.1. The van der Waals surface area contributed by atoms with Crippen LogP contribution in [0.5, 0.6) is 0 Å². The number of benzene rings is 1. The summed E-state index contributed by atoms with van der Waals surface area (Å²) in [5.41, 5.74) is 4.48. The summed E-state index contributed by atoms with van der Waals surface area (Å²) in [6.07, 6.45) is 4.61. The third-order valence-electron chi connectivity index (χ3n) is 4.76. The van der Waals surface area contributed by atoms with Crippen molar-refractivity contribution in [1.29, 1.82) is 0 Å². The van der Waals surface area contributed by atoms with Crippen LogP contribution in [-0.4, -0.2) is 47.0 Å². The Morgan fingerprint density at radius 1 is 1.16 bits per heavy atom. The Bertz CT molecular complexity index is 709. The monoisotopic (exact) mass is 338 g/mol. The molecule has 0 unspecified atom stereocenters. The molecule has 0 spiro atoms. The van der Waals surface area contributed by atoms with Gasteiger partial charge in [0.2, 0.25) is 0 Å². The van der Waals surface area contributed by atoms with Crippen LogP contribution in [0, 0.1) is 6.92 Å². The smallest absolute Gasteiger partial charge is 0.321 e. The number of amides is 2. The zero-order valence-electron chi connectivity index (χ0n) is 15.0. The Labute approximate surface area is 149 Å². The van der Waals surface area contributed by atoms with Gasteiger partial charge in [0.1, 0.15) is 0 Å². The van der Waals surface area contributed by atoms with Crippen LogP contribution in [0.15, 0.2) is 42.7 Å². The highest BCUT2D eigenvalue weighted by Crippen LogP contribution is 2.21. The molecule has 1 N–H and O–H groups in total. The number of carbonyl (C=O) groups excluding carboxylic acids is 1. The molecule has 1 aliphatic heterocycles. The number of urea groups is 1. The summed E-state index contributed by atoms with van der Waals surface area (Å²) < 4.78 is 0. The number of para-hydroxylation sites is 1. The van der Waals surface area contributed by atoms with Crippen LogP contribution in [0.4, 0.5) is 10.5 Å². The highest BCUT2D eigenvalue weighted by molar-refractivity contribution is 5.91. The van der Waals surface area contributed by atoms with Gasteiger partial charge in [-0.2, -0.15) is 0 Å². The molecule has 3 rings (SSSR count). The van der Waals surface area contributed by atoms with E-state index >= 15 is 0 Å². The first kappa shape index (κ1) is 17.4. The van der Waals surface area contributed by atoms with Crippen molar-refractivity contribution < 1.29 is 4.79 Å². The molecule has 132 valence electrons. The summed E-state index contributed by atoms with van der Waals surface area (Å²) >= 11 is 0. The lowest BCUT2D eigenvalue weighted by molar-refractivity contribution is 0.143. The normalized spacial score (nSPS) is 15.2. The molecule has 0 aliphatic carbocycles. The summed E-state index contributed by atoms with van der Waals surface area (Å²) in [5, 5.41) is 3.12. The van der Waals surface area contributed by atoms with E-state index in [1.807, 2.05) is 36.2 Å². The summed E-state index contributed by atoms with van der Waals surface area (Å²) in [4.78, 5) is 21.1. The van der Waals surface area contributed by atoms with E-state index in [2.05, 4.69) is 34.3 Å². The summed E-state index contributed by atoms with van der Waals surface area (Å²) in [5.74, 6) is 0. The highest BCUT2D eigenvalue weighted by atomic mass is 16.2. The van der Waals surface area contributed by atoms with E-state index in [-0.39, 0.29) is 6.03 Å². The van der Waals surface area contributed by atoms with Gasteiger partial charge in [-0.1, -0.05) is 31.2 Å². The van der Waals surface area contributed by atoms with Crippen LogP contribution in [-0.2, 0) is 13.0 Å². The van der Waals surface area contributed by atoms with Gasteiger partial charge < -0.3 is 10.2 Å². The number of pyridine rings is 1. The minimum Gasteiger partial charge on any atom is -0.322 e. The van der Waals surface area contributed by atoms with Crippen molar-refractivity contribution in [2.75, 3.05) is 31.5 Å². The van der Waals surface area contributed by atoms with Crippen LogP contribution in [0.1, 0.15) is 23.6 Å². The van der Waals surface area contributed by atoms with Crippen molar-refractivity contribution in [3.63, 3.8) is 0 Å². The number of rotatable bonds is 4. The number of aryl methyl sites for hydroxylation is 2. The molecule has 0 saturated carbocycles. The number of aromatic nitrogens is 1. The molecule has 0 atom stereocenters. The quantitative estimate of drug-likeness (QED) is 0.930. The molecule has 5 heteroatoms. The Hall–Kier alpha value is -2.40. The van der Waals surface area contributed by atoms with E-state index in [0.717, 1.165) is 50.4 Å². The first-order valence-corrected chi connectivity index (χ1v) is 8.93. The SMILES string of the molecule is CCc1cccc(C)c1NC(=O)N1CCN(Cc2cccnc2)CC1. The third kappa shape index (κ3) is 4.37. The fourth-order valence-electron chi connectivity index (χ4n) is 3.25. The maximum Gasteiger partial charge on any atom is 0.321 e. The Morgan fingerprint density at radius 2 is 1.96 bits per heavy atom. The van der Waals surface area contributed by atoms with Gasteiger partial charge in [-0.15, -0.1) is 0 Å². The van der Waals surface area contributed by atoms with Crippen molar-refractivity contribution in [2.45, 2.75) is 26.8 Å². The second-order valence-corrected chi connectivity index (χ2v) is 6.52. The standard InChI is InChI=1S/C20H26N4O/c1-3-18-8-4-6-16(2)19(18)22-20(25)24-12-10-23(11-13-24)15-17-7-5-9-21-14-17/h4-9,14H,3,10-13,15H2,1-2H3,(H,22,25). The molecule has 1 fully saturated rings. The molecule has 1 aliphatic rings. The molecule has 2 aromatic rings. The second-order valence-electron chi connectivity index (χ2n) is 6.52. The minimum absolute atomic E-state index is 0.00466. The minimum atomic E-state index is 0.00466. The van der Waals surface area contributed by atoms with E-state index in [0.29, 0.717) is 0 Å². The molecule has 25 heavy (non-hydrogen) atoms. The predicted molar refractivity (Wildman–Crippen MR) is 101 cm³/mol. The van der Waals surface area contributed by atoms with Crippen molar-refractivity contribution in [3.8, 4) is 0 Å². The Kier molecular flexibility index (Phi) is 5.66. The molecule has 1 aromatic heterocycles. The van der Waals surface area contributed by atoms with Crippen molar-refractivity contribution in [3.05, 3.63) is 59.4 Å². The highest BCUT2D eigenvalue weighted by Gasteiger charge is 2.22. The van der Waals surface area contributed by atoms with E-state index in [9.17, 15) is 4.79 Å². The predicted octanol–water partition coefficient (Wildman–Crippen LogP) is 3.30. The van der Waals surface area contributed by atoms with Crippen LogP contribution < -0.4 is 5.32 Å². The molecule has 1 aromatic carbocycles. The number of anilines is 1. The van der Waals surface area contributed by atoms with Gasteiger partial charge in [0.15, 0.2) is 0 Å². The van der Waals surface area contributed by atoms with Gasteiger partial charge in [-0.25, -0.2) is 4.79 Å². The fraction of sp³-hybridized carbons (Fsp3) is 0.400. The van der Waals surface area contributed by atoms with Gasteiger partial charge in [-0.05, 0) is 36.1 Å². The number of hydrogen-bond donors (Lipinski definition) is 1. The largest absolute Gasteiger partial charge is 0.322 e. The van der Waals surface area contributed by atoms with Crippen LogP contribution in [0.3, 0.4) is 0 Å². The maximum absolute atomic E-state index is 12.6. The molecule has 0 bridgehead atoms. The summed E-state index contributed by atoms with van der Waals surface area (Å²) in [6.45, 7) is 8.32. The number of hydrogen-bond acceptors (Lipinski definition) is 3. The summed E-state index contributed by atoms with van der Waals surface area (Å²) in [6, 6.07) is 10.2. The first-order chi connectivity index (χ1) is 12.2. The number of nitrogens with one attached hydrogen (secondary N) is 1. The first-order valence-electron chi connectivity index (χ1n) is 8.93. The van der Waals surface area contributed by atoms with Crippen LogP contribution in [0.25, 0.3) is 0 Å². The number of nitrogens with zero attached hydrogens (tertiary/aromatic N) is 3. The maximum atomic E-state index is 12.6. The van der Waals surface area contributed by atoms with Crippen molar-refractivity contribution in [2.24, 2.45) is 0 Å². The van der Waals surface area contributed by atoms with Gasteiger partial charge in [0.05, 0.1) is 0 Å². The van der Waals surface area contributed by atoms with Crippen molar-refractivity contribution in [1.82, 2.24) is 14.8 Å². The molecule has 2 amide bonds. The topological polar surface area (TPSA) is 48.5 Å². The van der Waals surface area contributed by atoms with E-state index in [1.165, 1.54) is 11.1 Å². The lowest BCUT2D eigenvalue weighted by Gasteiger charge is -2.34. The van der Waals surface area contributed by atoms with E-state index in [4.69, 9.17) is 0 Å². The van der Waals surface area contributed by atoms with E-state index < -0.39 is 0 Å². The van der Waals surface area contributed by atoms with Crippen molar-refractivity contribution >= 4 is 11.7 Å². The average molecular weight is 338 g/mol. The zero-order valence-corrected chi connectivity index (χ0v) is 15.0. The third-order valence-corrected chi connectivity index (χ3v) is 4.76. The Morgan fingerprint density at radius 3 is 2.64 bits per heavy atom. The van der Waals surface area contributed by atoms with Gasteiger partial charge in [0, 0.05) is 50.8 Å². The van der Waals surface area contributed by atoms with Gasteiger partial charge >= 0.3 is 6.03 Å². The lowest BCUT2D eigenvalue weighted by Crippen LogP contribution is -2.49. The zero-order chi connectivity index (χ0) is 17.6. The number of carbonyl (C=O) groups is 1. The summed E-state index contributed by atoms with van der Waals surface area (Å²) in [7, 11) is 0. The molecule has 2 heterocycles. The fourth-order valence-corrected chi connectivity index (χ4v) is 3.25. The van der Waals surface area contributed by atoms with Crippen LogP contribution >= 0.6 is 0 Å². The average Bonchev–Trinajstić information content (AvgIpc) is 2.64. The molecule has 1 saturated heterocycles. The molecule has 0 radical (unpaired) electrons. The second kappa shape index (κ2) is 8.12. The molecular formula is C20H26N4O. The molecule has 5 nitrogen and oxygen atoms in total. The molecular weight excluding hydrogens is 312 g/mol. The van der Waals surface area contributed by atoms with Crippen LogP contribution in [0.2, 0.25) is 0 Å².